The SMILES string of the molecule is CCCN1CC(NC(=O)c2c[nH]c3ccc(OC)cc3c2=O)CC1=O. The maximum atomic E-state index is 12.6. The molecule has 7 heteroatoms. The summed E-state index contributed by atoms with van der Waals surface area (Å²) in [6.07, 6.45) is 2.55. The molecule has 1 unspecified atom stereocenters. The Morgan fingerprint density at radius 3 is 2.92 bits per heavy atom. The van der Waals surface area contributed by atoms with Gasteiger partial charge in [-0.15, -0.1) is 0 Å². The Hall–Kier alpha value is -2.83. The van der Waals surface area contributed by atoms with Gasteiger partial charge in [0.05, 0.1) is 13.2 Å². The van der Waals surface area contributed by atoms with E-state index in [0.29, 0.717) is 29.7 Å². The number of methoxy groups -OCH3 is 1. The number of rotatable bonds is 5. The Labute approximate surface area is 145 Å². The topological polar surface area (TPSA) is 91.5 Å². The first-order valence-corrected chi connectivity index (χ1v) is 8.31. The van der Waals surface area contributed by atoms with Crippen LogP contribution in [0.3, 0.4) is 0 Å². The molecule has 1 aliphatic rings. The van der Waals surface area contributed by atoms with E-state index in [0.717, 1.165) is 6.42 Å². The van der Waals surface area contributed by atoms with Gasteiger partial charge in [-0.2, -0.15) is 0 Å². The Balaban J connectivity index is 1.82. The van der Waals surface area contributed by atoms with Gasteiger partial charge in [-0.25, -0.2) is 0 Å². The fourth-order valence-electron chi connectivity index (χ4n) is 3.11. The lowest BCUT2D eigenvalue weighted by Crippen LogP contribution is -2.39. The summed E-state index contributed by atoms with van der Waals surface area (Å²) in [5.74, 6) is 0.110. The molecular weight excluding hydrogens is 322 g/mol. The van der Waals surface area contributed by atoms with Crippen LogP contribution in [0.4, 0.5) is 0 Å². The average Bonchev–Trinajstić information content (AvgIpc) is 2.94. The number of pyridine rings is 1. The number of carbonyl (C=O) groups excluding carboxylic acids is 2. The van der Waals surface area contributed by atoms with E-state index < -0.39 is 5.91 Å². The van der Waals surface area contributed by atoms with E-state index in [4.69, 9.17) is 4.74 Å². The molecule has 7 nitrogen and oxygen atoms in total. The Morgan fingerprint density at radius 1 is 1.40 bits per heavy atom. The normalized spacial score (nSPS) is 17.1. The van der Waals surface area contributed by atoms with Gasteiger partial charge < -0.3 is 19.9 Å². The Kier molecular flexibility index (Phi) is 4.74. The highest BCUT2D eigenvalue weighted by atomic mass is 16.5. The number of likely N-dealkylation sites (tertiary alicyclic amines) is 1. The third-order valence-corrected chi connectivity index (χ3v) is 4.38. The van der Waals surface area contributed by atoms with Crippen molar-refractivity contribution in [3.05, 3.63) is 40.2 Å². The van der Waals surface area contributed by atoms with Crippen molar-refractivity contribution < 1.29 is 14.3 Å². The summed E-state index contributed by atoms with van der Waals surface area (Å²) in [5.41, 5.74) is 0.301. The molecular formula is C18H21N3O4. The predicted octanol–water partition coefficient (Wildman–Crippen LogP) is 1.28. The van der Waals surface area contributed by atoms with Crippen LogP contribution in [-0.2, 0) is 4.79 Å². The van der Waals surface area contributed by atoms with Gasteiger partial charge in [0, 0.05) is 36.6 Å². The number of H-pyrrole nitrogens is 1. The molecule has 0 radical (unpaired) electrons. The quantitative estimate of drug-likeness (QED) is 0.855. The fourth-order valence-corrected chi connectivity index (χ4v) is 3.11. The molecule has 132 valence electrons. The summed E-state index contributed by atoms with van der Waals surface area (Å²) < 4.78 is 5.14. The van der Waals surface area contributed by atoms with Crippen LogP contribution in [0, 0.1) is 0 Å². The van der Waals surface area contributed by atoms with Gasteiger partial charge in [-0.3, -0.25) is 14.4 Å². The molecule has 1 aromatic carbocycles. The zero-order valence-corrected chi connectivity index (χ0v) is 14.3. The van der Waals surface area contributed by atoms with Crippen molar-refractivity contribution in [1.29, 1.82) is 0 Å². The van der Waals surface area contributed by atoms with Gasteiger partial charge in [0.15, 0.2) is 0 Å². The number of nitrogens with zero attached hydrogens (tertiary/aromatic N) is 1. The molecule has 0 spiro atoms. The smallest absolute Gasteiger partial charge is 0.257 e. The van der Waals surface area contributed by atoms with Crippen molar-refractivity contribution in [2.45, 2.75) is 25.8 Å². The van der Waals surface area contributed by atoms with Crippen molar-refractivity contribution >= 4 is 22.7 Å². The zero-order chi connectivity index (χ0) is 18.0. The van der Waals surface area contributed by atoms with E-state index in [1.54, 1.807) is 23.1 Å². The maximum absolute atomic E-state index is 12.6. The fraction of sp³-hybridized carbons (Fsp3) is 0.389. The Morgan fingerprint density at radius 2 is 2.20 bits per heavy atom. The van der Waals surface area contributed by atoms with Crippen LogP contribution in [0.2, 0.25) is 0 Å². The molecule has 0 bridgehead atoms. The largest absolute Gasteiger partial charge is 0.497 e. The number of nitrogens with one attached hydrogen (secondary N) is 2. The van der Waals surface area contributed by atoms with Crippen LogP contribution in [0.5, 0.6) is 5.75 Å². The standard InChI is InChI=1S/C18H21N3O4/c1-3-6-21-10-11(7-16(21)22)20-18(24)14-9-19-15-5-4-12(25-2)8-13(15)17(14)23/h4-5,8-9,11H,3,6-7,10H2,1-2H3,(H,19,23)(H,20,24). The molecule has 1 fully saturated rings. The van der Waals surface area contributed by atoms with Crippen LogP contribution < -0.4 is 15.5 Å². The predicted molar refractivity (Wildman–Crippen MR) is 93.9 cm³/mol. The van der Waals surface area contributed by atoms with E-state index in [2.05, 4.69) is 10.3 Å². The van der Waals surface area contributed by atoms with Gasteiger partial charge in [-0.05, 0) is 24.6 Å². The first-order valence-electron chi connectivity index (χ1n) is 8.31. The number of carbonyl (C=O) groups is 2. The second-order valence-electron chi connectivity index (χ2n) is 6.16. The molecule has 1 atom stereocenters. The van der Waals surface area contributed by atoms with E-state index in [1.807, 2.05) is 6.92 Å². The summed E-state index contributed by atoms with van der Waals surface area (Å²) >= 11 is 0. The van der Waals surface area contributed by atoms with Gasteiger partial charge in [0.1, 0.15) is 11.3 Å². The molecule has 2 N–H and O–H groups in total. The van der Waals surface area contributed by atoms with E-state index in [-0.39, 0.29) is 29.4 Å². The molecule has 2 aromatic rings. The van der Waals surface area contributed by atoms with E-state index in [1.165, 1.54) is 13.3 Å². The molecule has 0 aliphatic carbocycles. The van der Waals surface area contributed by atoms with Crippen molar-refractivity contribution in [3.8, 4) is 5.75 Å². The number of ether oxygens (including phenoxy) is 1. The molecule has 25 heavy (non-hydrogen) atoms. The summed E-state index contributed by atoms with van der Waals surface area (Å²) in [4.78, 5) is 41.7. The third-order valence-electron chi connectivity index (χ3n) is 4.38. The van der Waals surface area contributed by atoms with Gasteiger partial charge >= 0.3 is 0 Å². The maximum Gasteiger partial charge on any atom is 0.257 e. The monoisotopic (exact) mass is 343 g/mol. The van der Waals surface area contributed by atoms with Gasteiger partial charge in [0.25, 0.3) is 5.91 Å². The third kappa shape index (κ3) is 3.35. The van der Waals surface area contributed by atoms with Crippen LogP contribution in [0.25, 0.3) is 10.9 Å². The minimum Gasteiger partial charge on any atom is -0.497 e. The molecule has 0 saturated carbocycles. The lowest BCUT2D eigenvalue weighted by molar-refractivity contribution is -0.127. The number of aromatic nitrogens is 1. The van der Waals surface area contributed by atoms with E-state index in [9.17, 15) is 14.4 Å². The zero-order valence-electron chi connectivity index (χ0n) is 14.3. The van der Waals surface area contributed by atoms with Crippen molar-refractivity contribution in [1.82, 2.24) is 15.2 Å². The van der Waals surface area contributed by atoms with Crippen molar-refractivity contribution in [2.24, 2.45) is 0 Å². The number of amides is 2. The summed E-state index contributed by atoms with van der Waals surface area (Å²) in [5, 5.41) is 3.19. The second-order valence-corrected chi connectivity index (χ2v) is 6.16. The van der Waals surface area contributed by atoms with Crippen molar-refractivity contribution in [2.75, 3.05) is 20.2 Å². The van der Waals surface area contributed by atoms with Crippen molar-refractivity contribution in [3.63, 3.8) is 0 Å². The lowest BCUT2D eigenvalue weighted by Gasteiger charge is -2.16. The molecule has 2 heterocycles. The van der Waals surface area contributed by atoms with Crippen LogP contribution >= 0.6 is 0 Å². The molecule has 3 rings (SSSR count). The average molecular weight is 343 g/mol. The highest BCUT2D eigenvalue weighted by molar-refractivity contribution is 5.98. The highest BCUT2D eigenvalue weighted by Crippen LogP contribution is 2.17. The molecule has 2 amide bonds. The highest BCUT2D eigenvalue weighted by Gasteiger charge is 2.30. The summed E-state index contributed by atoms with van der Waals surface area (Å²) in [6, 6.07) is 4.81. The van der Waals surface area contributed by atoms with Crippen LogP contribution in [0.1, 0.15) is 30.1 Å². The molecule has 1 saturated heterocycles. The first-order chi connectivity index (χ1) is 12.0. The van der Waals surface area contributed by atoms with Gasteiger partial charge in [0.2, 0.25) is 11.3 Å². The summed E-state index contributed by atoms with van der Waals surface area (Å²) in [6.45, 7) is 3.17. The number of hydrogen-bond acceptors (Lipinski definition) is 4. The summed E-state index contributed by atoms with van der Waals surface area (Å²) in [7, 11) is 1.52. The molecule has 1 aliphatic heterocycles. The molecule has 1 aromatic heterocycles. The first kappa shape index (κ1) is 17.0. The second kappa shape index (κ2) is 6.96. The van der Waals surface area contributed by atoms with Crippen LogP contribution in [-0.4, -0.2) is 47.9 Å². The van der Waals surface area contributed by atoms with Crippen LogP contribution in [0.15, 0.2) is 29.2 Å². The lowest BCUT2D eigenvalue weighted by atomic mass is 10.1. The number of hydrogen-bond donors (Lipinski definition) is 2. The van der Waals surface area contributed by atoms with E-state index >= 15 is 0 Å². The number of aromatic amines is 1. The minimum absolute atomic E-state index is 0.0298. The van der Waals surface area contributed by atoms with Gasteiger partial charge in [-0.1, -0.05) is 6.92 Å². The number of benzene rings is 1. The number of fused-ring (bicyclic) bond motifs is 1. The Bertz CT molecular complexity index is 874. The minimum atomic E-state index is -0.470.